The molecule has 2 N–H and O–H groups in total. The van der Waals surface area contributed by atoms with Gasteiger partial charge in [-0.3, -0.25) is 5.32 Å². The lowest BCUT2D eigenvalue weighted by Crippen LogP contribution is -2.23. The van der Waals surface area contributed by atoms with Crippen LogP contribution in [0.5, 0.6) is 0 Å². The molecule has 104 valence electrons. The van der Waals surface area contributed by atoms with Crippen LogP contribution in [0, 0.1) is 0 Å². The summed E-state index contributed by atoms with van der Waals surface area (Å²) in [4.78, 5) is 5.78. The topological polar surface area (TPSA) is 58.3 Å². The summed E-state index contributed by atoms with van der Waals surface area (Å²) in [6, 6.07) is 7.57. The highest BCUT2D eigenvalue weighted by Gasteiger charge is 2.13. The van der Waals surface area contributed by atoms with Gasteiger partial charge in [0, 0.05) is 11.9 Å². The van der Waals surface area contributed by atoms with Gasteiger partial charge in [-0.15, -0.1) is 22.7 Å². The molecule has 3 heterocycles. The molecule has 0 aliphatic rings. The standard InChI is InChI=1S/C14H14N2O2S2/c17-8-11(12-3-1-5-18-12)15-7-10-9-20-14(16-10)13-4-2-6-19-13/h1-6,9,11,15,17H,7-8H2. The average molecular weight is 306 g/mol. The fourth-order valence-corrected chi connectivity index (χ4v) is 3.51. The molecule has 3 aromatic rings. The Labute approximate surface area is 124 Å². The first-order valence-corrected chi connectivity index (χ1v) is 7.98. The van der Waals surface area contributed by atoms with Crippen molar-refractivity contribution in [1.29, 1.82) is 0 Å². The van der Waals surface area contributed by atoms with Crippen LogP contribution in [0.15, 0.2) is 45.7 Å². The molecule has 4 nitrogen and oxygen atoms in total. The maximum atomic E-state index is 9.39. The number of thiazole rings is 1. The van der Waals surface area contributed by atoms with Crippen molar-refractivity contribution in [2.75, 3.05) is 6.61 Å². The van der Waals surface area contributed by atoms with E-state index in [9.17, 15) is 5.11 Å². The van der Waals surface area contributed by atoms with Gasteiger partial charge < -0.3 is 9.52 Å². The summed E-state index contributed by atoms with van der Waals surface area (Å²) in [6.07, 6.45) is 1.61. The highest BCUT2D eigenvalue weighted by molar-refractivity contribution is 7.20. The van der Waals surface area contributed by atoms with Crippen LogP contribution in [0.1, 0.15) is 17.5 Å². The monoisotopic (exact) mass is 306 g/mol. The second-order valence-corrected chi connectivity index (χ2v) is 6.06. The van der Waals surface area contributed by atoms with Crippen LogP contribution in [-0.2, 0) is 6.54 Å². The molecule has 0 saturated heterocycles. The molecule has 6 heteroatoms. The molecule has 0 radical (unpaired) electrons. The molecule has 3 aromatic heterocycles. The van der Waals surface area contributed by atoms with Gasteiger partial charge >= 0.3 is 0 Å². The summed E-state index contributed by atoms with van der Waals surface area (Å²) >= 11 is 3.33. The summed E-state index contributed by atoms with van der Waals surface area (Å²) in [6.45, 7) is 0.600. The lowest BCUT2D eigenvalue weighted by atomic mass is 10.2. The van der Waals surface area contributed by atoms with E-state index in [0.717, 1.165) is 16.5 Å². The van der Waals surface area contributed by atoms with Gasteiger partial charge in [0.05, 0.1) is 29.5 Å². The number of thiophene rings is 1. The third kappa shape index (κ3) is 2.99. The van der Waals surface area contributed by atoms with Gasteiger partial charge in [0.2, 0.25) is 0 Å². The van der Waals surface area contributed by atoms with Gasteiger partial charge in [0.25, 0.3) is 0 Å². The van der Waals surface area contributed by atoms with Gasteiger partial charge in [0.1, 0.15) is 10.8 Å². The molecule has 1 atom stereocenters. The van der Waals surface area contributed by atoms with Crippen molar-refractivity contribution < 1.29 is 9.52 Å². The summed E-state index contributed by atoms with van der Waals surface area (Å²) in [5.74, 6) is 0.737. The van der Waals surface area contributed by atoms with E-state index in [1.807, 2.05) is 29.0 Å². The zero-order chi connectivity index (χ0) is 13.8. The number of aromatic nitrogens is 1. The van der Waals surface area contributed by atoms with E-state index in [-0.39, 0.29) is 12.6 Å². The molecule has 0 spiro atoms. The normalized spacial score (nSPS) is 12.7. The minimum atomic E-state index is -0.197. The third-order valence-electron chi connectivity index (χ3n) is 2.88. The van der Waals surface area contributed by atoms with Crippen molar-refractivity contribution in [1.82, 2.24) is 10.3 Å². The molecule has 0 aliphatic heterocycles. The molecule has 0 bridgehead atoms. The summed E-state index contributed by atoms with van der Waals surface area (Å²) in [5, 5.41) is 17.8. The number of furan rings is 1. The maximum Gasteiger partial charge on any atom is 0.133 e. The third-order valence-corrected chi connectivity index (χ3v) is 4.81. The molecule has 0 saturated carbocycles. The molecule has 3 rings (SSSR count). The fourth-order valence-electron chi connectivity index (χ4n) is 1.87. The maximum absolute atomic E-state index is 9.39. The smallest absolute Gasteiger partial charge is 0.133 e. The predicted molar refractivity (Wildman–Crippen MR) is 80.8 cm³/mol. The molecule has 0 aromatic carbocycles. The summed E-state index contributed by atoms with van der Waals surface area (Å²) < 4.78 is 5.30. The molecule has 0 amide bonds. The predicted octanol–water partition coefficient (Wildman–Crippen LogP) is 3.29. The number of aliphatic hydroxyl groups is 1. The Morgan fingerprint density at radius 2 is 2.25 bits per heavy atom. The first kappa shape index (κ1) is 13.5. The molecular formula is C14H14N2O2S2. The van der Waals surface area contributed by atoms with Crippen LogP contribution < -0.4 is 5.32 Å². The summed E-state index contributed by atoms with van der Waals surface area (Å²) in [5.41, 5.74) is 0.975. The molecule has 0 fully saturated rings. The fraction of sp³-hybridized carbons (Fsp3) is 0.214. The van der Waals surface area contributed by atoms with Crippen LogP contribution >= 0.6 is 22.7 Å². The molecule has 0 aliphatic carbocycles. The van der Waals surface area contributed by atoms with Gasteiger partial charge in [-0.05, 0) is 23.6 Å². The van der Waals surface area contributed by atoms with Gasteiger partial charge in [-0.25, -0.2) is 4.98 Å². The quantitative estimate of drug-likeness (QED) is 0.734. The van der Waals surface area contributed by atoms with Crippen molar-refractivity contribution in [3.63, 3.8) is 0 Å². The number of hydrogen-bond acceptors (Lipinski definition) is 6. The minimum absolute atomic E-state index is 0.00453. The van der Waals surface area contributed by atoms with E-state index >= 15 is 0 Å². The van der Waals surface area contributed by atoms with Crippen LogP contribution in [0.4, 0.5) is 0 Å². The van der Waals surface area contributed by atoms with Crippen LogP contribution in [0.2, 0.25) is 0 Å². The van der Waals surface area contributed by atoms with Crippen molar-refractivity contribution in [3.05, 3.63) is 52.7 Å². The average Bonchev–Trinajstić information content (AvgIpc) is 3.22. The van der Waals surface area contributed by atoms with Crippen LogP contribution in [-0.4, -0.2) is 16.7 Å². The highest BCUT2D eigenvalue weighted by atomic mass is 32.1. The van der Waals surface area contributed by atoms with E-state index in [1.165, 1.54) is 4.88 Å². The zero-order valence-corrected chi connectivity index (χ0v) is 12.3. The zero-order valence-electron chi connectivity index (χ0n) is 10.7. The van der Waals surface area contributed by atoms with Crippen molar-refractivity contribution >= 4 is 22.7 Å². The minimum Gasteiger partial charge on any atom is -0.468 e. The van der Waals surface area contributed by atoms with Crippen molar-refractivity contribution in [2.24, 2.45) is 0 Å². The van der Waals surface area contributed by atoms with E-state index in [2.05, 4.69) is 16.4 Å². The molecule has 20 heavy (non-hydrogen) atoms. The number of aliphatic hydroxyl groups excluding tert-OH is 1. The van der Waals surface area contributed by atoms with Crippen molar-refractivity contribution in [3.8, 4) is 9.88 Å². The Morgan fingerprint density at radius 1 is 1.30 bits per heavy atom. The van der Waals surface area contributed by atoms with Gasteiger partial charge in [-0.1, -0.05) is 6.07 Å². The Bertz CT molecular complexity index is 632. The Kier molecular flexibility index (Phi) is 4.27. The number of hydrogen-bond donors (Lipinski definition) is 2. The van der Waals surface area contributed by atoms with E-state index < -0.39 is 0 Å². The molecule has 1 unspecified atom stereocenters. The van der Waals surface area contributed by atoms with Crippen LogP contribution in [0.3, 0.4) is 0 Å². The molecular weight excluding hydrogens is 292 g/mol. The van der Waals surface area contributed by atoms with Gasteiger partial charge in [-0.2, -0.15) is 0 Å². The number of nitrogens with zero attached hydrogens (tertiary/aromatic N) is 1. The number of nitrogens with one attached hydrogen (secondary N) is 1. The lowest BCUT2D eigenvalue weighted by molar-refractivity contribution is 0.225. The summed E-state index contributed by atoms with van der Waals surface area (Å²) in [7, 11) is 0. The van der Waals surface area contributed by atoms with E-state index in [1.54, 1.807) is 28.9 Å². The first-order valence-electron chi connectivity index (χ1n) is 6.22. The largest absolute Gasteiger partial charge is 0.468 e. The van der Waals surface area contributed by atoms with E-state index in [4.69, 9.17) is 4.42 Å². The number of rotatable bonds is 6. The Balaban J connectivity index is 1.64. The highest BCUT2D eigenvalue weighted by Crippen LogP contribution is 2.27. The first-order chi connectivity index (χ1) is 9.86. The van der Waals surface area contributed by atoms with Crippen LogP contribution in [0.25, 0.3) is 9.88 Å². The lowest BCUT2D eigenvalue weighted by Gasteiger charge is -2.12. The van der Waals surface area contributed by atoms with E-state index in [0.29, 0.717) is 6.54 Å². The SMILES string of the molecule is OCC(NCc1csc(-c2cccs2)n1)c1ccco1. The Morgan fingerprint density at radius 3 is 2.95 bits per heavy atom. The van der Waals surface area contributed by atoms with Crippen molar-refractivity contribution in [2.45, 2.75) is 12.6 Å². The second-order valence-electron chi connectivity index (χ2n) is 4.25. The Hall–Kier alpha value is -1.47. The van der Waals surface area contributed by atoms with Gasteiger partial charge in [0.15, 0.2) is 0 Å². The second kappa shape index (κ2) is 6.32.